The molecule has 1 aliphatic rings. The fraction of sp³-hybridized carbons (Fsp3) is 0.368. The predicted molar refractivity (Wildman–Crippen MR) is 101 cm³/mol. The second-order valence-electron chi connectivity index (χ2n) is 6.47. The zero-order chi connectivity index (χ0) is 18.7. The third-order valence-corrected chi connectivity index (χ3v) is 4.31. The molecule has 0 fully saturated rings. The van der Waals surface area contributed by atoms with Crippen molar-refractivity contribution >= 4 is 17.8 Å². The number of fused-ring (bicyclic) bond motifs is 1. The van der Waals surface area contributed by atoms with Crippen LogP contribution in [0.2, 0.25) is 0 Å². The number of rotatable bonds is 6. The van der Waals surface area contributed by atoms with Crippen LogP contribution in [-0.4, -0.2) is 52.0 Å². The highest BCUT2D eigenvalue weighted by Gasteiger charge is 2.24. The van der Waals surface area contributed by atoms with E-state index in [-0.39, 0.29) is 31.0 Å². The predicted octanol–water partition coefficient (Wildman–Crippen LogP) is 2.29. The molecule has 1 aromatic heterocycles. The van der Waals surface area contributed by atoms with E-state index in [9.17, 15) is 14.6 Å². The smallest absolute Gasteiger partial charge is 0.225 e. The topological polar surface area (TPSA) is 81.5 Å². The van der Waals surface area contributed by atoms with Crippen molar-refractivity contribution in [2.45, 2.75) is 25.9 Å². The lowest BCUT2D eigenvalue weighted by Gasteiger charge is -2.32. The average Bonchev–Trinajstić information content (AvgIpc) is 2.65. The molecule has 0 saturated heterocycles. The van der Waals surface area contributed by atoms with Gasteiger partial charge in [-0.05, 0) is 26.0 Å². The molecule has 0 aliphatic carbocycles. The lowest BCUT2D eigenvalue weighted by molar-refractivity contribution is 0.203. The van der Waals surface area contributed by atoms with Gasteiger partial charge in [0.05, 0.1) is 24.9 Å². The fourth-order valence-corrected chi connectivity index (χ4v) is 2.91. The molecule has 1 aliphatic heterocycles. The highest BCUT2D eigenvalue weighted by atomic mass is 19.1. The first-order valence-electron chi connectivity index (χ1n) is 8.63. The minimum Gasteiger partial charge on any atom is -0.394 e. The Labute approximate surface area is 152 Å². The molecule has 0 atom stereocenters. The maximum atomic E-state index is 14.4. The van der Waals surface area contributed by atoms with Crippen molar-refractivity contribution in [2.75, 3.05) is 30.0 Å². The third kappa shape index (κ3) is 3.54. The Morgan fingerprint density at radius 3 is 2.58 bits per heavy atom. The van der Waals surface area contributed by atoms with Gasteiger partial charge in [0.2, 0.25) is 5.95 Å². The summed E-state index contributed by atoms with van der Waals surface area (Å²) in [5.74, 6) is 0.583. The fourth-order valence-electron chi connectivity index (χ4n) is 2.91. The summed E-state index contributed by atoms with van der Waals surface area (Å²) in [6, 6.07) is 6.08. The van der Waals surface area contributed by atoms with Gasteiger partial charge in [0.15, 0.2) is 0 Å². The number of aliphatic hydroxyl groups excluding tert-OH is 2. The largest absolute Gasteiger partial charge is 0.394 e. The molecule has 3 rings (SSSR count). The summed E-state index contributed by atoms with van der Waals surface area (Å²) in [5, 5.41) is 21.6. The number of halogens is 1. The Morgan fingerprint density at radius 1 is 1.19 bits per heavy atom. The molecule has 7 heteroatoms. The van der Waals surface area contributed by atoms with Crippen LogP contribution in [0.25, 0.3) is 17.3 Å². The highest BCUT2D eigenvalue weighted by Crippen LogP contribution is 2.35. The molecule has 0 bridgehead atoms. The number of nitrogens with zero attached hydrogens (tertiary/aromatic N) is 3. The van der Waals surface area contributed by atoms with Crippen molar-refractivity contribution in [1.82, 2.24) is 9.97 Å². The summed E-state index contributed by atoms with van der Waals surface area (Å²) < 4.78 is 14.4. The molecule has 1 aromatic carbocycles. The van der Waals surface area contributed by atoms with Gasteiger partial charge in [0, 0.05) is 23.7 Å². The van der Waals surface area contributed by atoms with Crippen molar-refractivity contribution in [2.24, 2.45) is 0 Å². The van der Waals surface area contributed by atoms with E-state index < -0.39 is 6.04 Å². The van der Waals surface area contributed by atoms with E-state index in [1.54, 1.807) is 18.2 Å². The standard InChI is InChI=1S/C19H23FN4O2/c1-12(2)24-9-5-7-15-17(14-6-3-4-8-16(14)20)22-19(23-18(15)24)21-13(10-25)11-26/h3-8,12-13,25-26H,9-11H2,1-2H3,(H,21,22,23). The quantitative estimate of drug-likeness (QED) is 0.735. The van der Waals surface area contributed by atoms with Gasteiger partial charge in [-0.2, -0.15) is 4.98 Å². The molecule has 3 N–H and O–H groups in total. The van der Waals surface area contributed by atoms with Gasteiger partial charge in [-0.3, -0.25) is 0 Å². The molecule has 26 heavy (non-hydrogen) atoms. The van der Waals surface area contributed by atoms with Gasteiger partial charge in [-0.1, -0.05) is 24.3 Å². The SMILES string of the molecule is CC(C)N1CC=Cc2c(-c3ccccc3F)nc(NC(CO)CO)nc21. The second kappa shape index (κ2) is 7.80. The van der Waals surface area contributed by atoms with E-state index in [2.05, 4.69) is 34.0 Å². The number of hydrogen-bond acceptors (Lipinski definition) is 6. The van der Waals surface area contributed by atoms with Gasteiger partial charge in [-0.15, -0.1) is 0 Å². The molecule has 138 valence electrons. The van der Waals surface area contributed by atoms with Crippen molar-refractivity contribution in [1.29, 1.82) is 0 Å². The minimum atomic E-state index is -0.590. The van der Waals surface area contributed by atoms with E-state index in [1.807, 2.05) is 12.2 Å². The van der Waals surface area contributed by atoms with Crippen LogP contribution in [0.1, 0.15) is 19.4 Å². The summed E-state index contributed by atoms with van der Waals surface area (Å²) in [6.07, 6.45) is 3.92. The Bertz CT molecular complexity index is 806. The van der Waals surface area contributed by atoms with Crippen molar-refractivity contribution in [3.05, 3.63) is 41.7 Å². The van der Waals surface area contributed by atoms with Crippen LogP contribution >= 0.6 is 0 Å². The minimum absolute atomic E-state index is 0.196. The van der Waals surface area contributed by atoms with Crippen LogP contribution < -0.4 is 10.2 Å². The Balaban J connectivity index is 2.18. The zero-order valence-electron chi connectivity index (χ0n) is 14.9. The van der Waals surface area contributed by atoms with E-state index in [0.717, 1.165) is 5.56 Å². The van der Waals surface area contributed by atoms with Crippen molar-refractivity contribution < 1.29 is 14.6 Å². The normalized spacial score (nSPS) is 13.4. The maximum absolute atomic E-state index is 14.4. The molecule has 0 saturated carbocycles. The molecule has 6 nitrogen and oxygen atoms in total. The van der Waals surface area contributed by atoms with E-state index in [0.29, 0.717) is 23.6 Å². The average molecular weight is 358 g/mol. The van der Waals surface area contributed by atoms with Gasteiger partial charge < -0.3 is 20.4 Å². The first-order chi connectivity index (χ1) is 12.5. The third-order valence-electron chi connectivity index (χ3n) is 4.31. The maximum Gasteiger partial charge on any atom is 0.225 e. The van der Waals surface area contributed by atoms with Crippen LogP contribution in [0.3, 0.4) is 0 Å². The molecule has 2 aromatic rings. The number of nitrogens with one attached hydrogen (secondary N) is 1. The van der Waals surface area contributed by atoms with Crippen LogP contribution in [0, 0.1) is 5.82 Å². The number of aliphatic hydroxyl groups is 2. The van der Waals surface area contributed by atoms with Gasteiger partial charge in [-0.25, -0.2) is 9.37 Å². The summed E-state index contributed by atoms with van der Waals surface area (Å²) in [4.78, 5) is 11.2. The summed E-state index contributed by atoms with van der Waals surface area (Å²) in [6.45, 7) is 4.29. The number of hydrogen-bond donors (Lipinski definition) is 3. The number of benzene rings is 1. The van der Waals surface area contributed by atoms with Gasteiger partial charge in [0.25, 0.3) is 0 Å². The lowest BCUT2D eigenvalue weighted by Crippen LogP contribution is -2.35. The Hall–Kier alpha value is -2.51. The summed E-state index contributed by atoms with van der Waals surface area (Å²) in [5.41, 5.74) is 1.62. The van der Waals surface area contributed by atoms with Crippen LogP contribution in [-0.2, 0) is 0 Å². The van der Waals surface area contributed by atoms with Gasteiger partial charge in [0.1, 0.15) is 11.6 Å². The number of anilines is 2. The summed E-state index contributed by atoms with van der Waals surface area (Å²) >= 11 is 0. The zero-order valence-corrected chi connectivity index (χ0v) is 14.9. The lowest BCUT2D eigenvalue weighted by atomic mass is 10.0. The molecule has 0 radical (unpaired) electrons. The monoisotopic (exact) mass is 358 g/mol. The highest BCUT2D eigenvalue weighted by molar-refractivity contribution is 5.82. The molecule has 0 amide bonds. The van der Waals surface area contributed by atoms with E-state index in [4.69, 9.17) is 0 Å². The van der Waals surface area contributed by atoms with Crippen LogP contribution in [0.15, 0.2) is 30.3 Å². The summed E-state index contributed by atoms with van der Waals surface area (Å²) in [7, 11) is 0. The molecular weight excluding hydrogens is 335 g/mol. The Kier molecular flexibility index (Phi) is 5.49. The van der Waals surface area contributed by atoms with E-state index >= 15 is 0 Å². The second-order valence-corrected chi connectivity index (χ2v) is 6.47. The van der Waals surface area contributed by atoms with Crippen LogP contribution in [0.5, 0.6) is 0 Å². The Morgan fingerprint density at radius 2 is 1.92 bits per heavy atom. The van der Waals surface area contributed by atoms with Crippen molar-refractivity contribution in [3.63, 3.8) is 0 Å². The molecule has 0 unspecified atom stereocenters. The molecule has 0 spiro atoms. The molecular formula is C19H23FN4O2. The first kappa shape index (κ1) is 18.3. The van der Waals surface area contributed by atoms with Crippen LogP contribution in [0.4, 0.5) is 16.2 Å². The number of aromatic nitrogens is 2. The van der Waals surface area contributed by atoms with Crippen molar-refractivity contribution in [3.8, 4) is 11.3 Å². The van der Waals surface area contributed by atoms with Gasteiger partial charge >= 0.3 is 0 Å². The first-order valence-corrected chi connectivity index (χ1v) is 8.63. The van der Waals surface area contributed by atoms with E-state index in [1.165, 1.54) is 6.07 Å². The molecule has 2 heterocycles.